The second kappa shape index (κ2) is 14.8. The molecule has 2 saturated carbocycles. The van der Waals surface area contributed by atoms with Crippen molar-refractivity contribution in [1.82, 2.24) is 25.2 Å². The molecule has 2 aromatic rings. The Balaban J connectivity index is 1.23. The maximum Gasteiger partial charge on any atom is 0.405 e. The maximum absolute atomic E-state index is 14.5. The molecule has 0 spiro atoms. The number of aromatic nitrogens is 1. The molecule has 2 aliphatic carbocycles. The summed E-state index contributed by atoms with van der Waals surface area (Å²) >= 11 is 0. The molecule has 5 aliphatic rings. The number of aryl methyl sites for hydroxylation is 1. The zero-order valence-corrected chi connectivity index (χ0v) is 32.0. The number of nitrogens with one attached hydrogen (secondary N) is 3. The van der Waals surface area contributed by atoms with E-state index in [1.165, 1.54) is 4.90 Å². The van der Waals surface area contributed by atoms with Crippen molar-refractivity contribution in [3.63, 3.8) is 0 Å². The highest BCUT2D eigenvalue weighted by atomic mass is 32.2. The van der Waals surface area contributed by atoms with E-state index >= 15 is 0 Å². The lowest BCUT2D eigenvalue weighted by molar-refractivity contribution is -0.142. The average molecular weight is 786 g/mol. The molecule has 0 radical (unpaired) electrons. The summed E-state index contributed by atoms with van der Waals surface area (Å²) in [6.45, 7) is 3.00. The van der Waals surface area contributed by atoms with Crippen LogP contribution in [0.2, 0.25) is 0 Å². The number of alkyl halides is 1. The molecule has 1 saturated heterocycles. The fourth-order valence-electron chi connectivity index (χ4n) is 8.33. The van der Waals surface area contributed by atoms with Crippen LogP contribution in [0, 0.1) is 17.8 Å². The zero-order valence-electron chi connectivity index (χ0n) is 31.1. The summed E-state index contributed by atoms with van der Waals surface area (Å²) in [4.78, 5) is 60.8. The van der Waals surface area contributed by atoms with E-state index < -0.39 is 80.8 Å². The molecular weight excluding hydrogens is 738 g/mol. The molecule has 4 N–H and O–H groups in total. The van der Waals surface area contributed by atoms with Gasteiger partial charge in [0.25, 0.3) is 5.91 Å². The van der Waals surface area contributed by atoms with Crippen LogP contribution in [0.15, 0.2) is 30.4 Å². The standard InChI is InChI=1S/C38H48FN5O10S/c1-21-7-4-5-8-23-18-38(23,35(47)43-55(50,51)37(20-39)12-13-37)42-31(45)29-17-25(19-44(29)34(46)30(22(2)15-21)40-36(48)49)54-33-27-11-10-24(52-3)16-28(27)26-9-6-14-53-32(26)41-33/h5,8,10-11,16,21-23,25,29-30,40H,4,6-7,9,12-15,17-20H2,1-3H3,(H,42,45)(H,43,47)(H,48,49)/b8-5-/t21-,22+,23+,25+,29-,30-,38+/m0/s1. The van der Waals surface area contributed by atoms with E-state index in [2.05, 4.69) is 15.4 Å². The topological polar surface area (TPSA) is 203 Å². The van der Waals surface area contributed by atoms with Gasteiger partial charge in [-0.2, -0.15) is 4.98 Å². The van der Waals surface area contributed by atoms with Gasteiger partial charge in [0.2, 0.25) is 33.6 Å². The third-order valence-corrected chi connectivity index (χ3v) is 14.0. The number of hydrogen-bond acceptors (Lipinski definition) is 10. The minimum Gasteiger partial charge on any atom is -0.497 e. The van der Waals surface area contributed by atoms with Crippen LogP contribution in [0.4, 0.5) is 9.18 Å². The van der Waals surface area contributed by atoms with Crippen LogP contribution in [0.1, 0.15) is 70.8 Å². The van der Waals surface area contributed by atoms with Crippen molar-refractivity contribution in [3.05, 3.63) is 35.9 Å². The van der Waals surface area contributed by atoms with Gasteiger partial charge in [-0.15, -0.1) is 0 Å². The van der Waals surface area contributed by atoms with Gasteiger partial charge in [0, 0.05) is 23.3 Å². The molecule has 3 fully saturated rings. The molecular formula is C38H48FN5O10S. The Morgan fingerprint density at radius 3 is 2.67 bits per heavy atom. The Labute approximate surface area is 318 Å². The Morgan fingerprint density at radius 1 is 1.18 bits per heavy atom. The summed E-state index contributed by atoms with van der Waals surface area (Å²) in [5.41, 5.74) is -0.768. The number of carboxylic acid groups (broad SMARTS) is 1. The number of fused-ring (bicyclic) bond motifs is 5. The lowest BCUT2D eigenvalue weighted by atomic mass is 9.88. The Hall–Kier alpha value is -4.67. The minimum absolute atomic E-state index is 0.0547. The van der Waals surface area contributed by atoms with Gasteiger partial charge in [-0.25, -0.2) is 17.6 Å². The number of amides is 4. The number of benzene rings is 1. The number of allylic oxidation sites excluding steroid dienone is 1. The van der Waals surface area contributed by atoms with Crippen LogP contribution in [0.5, 0.6) is 17.5 Å². The van der Waals surface area contributed by atoms with E-state index in [0.29, 0.717) is 42.9 Å². The number of methoxy groups -OCH3 is 1. The van der Waals surface area contributed by atoms with Crippen LogP contribution >= 0.6 is 0 Å². The first-order valence-electron chi connectivity index (χ1n) is 18.9. The van der Waals surface area contributed by atoms with Gasteiger partial charge in [0.05, 0.1) is 20.3 Å². The van der Waals surface area contributed by atoms with Crippen molar-refractivity contribution in [2.45, 2.75) is 100 Å². The number of hydrogen-bond donors (Lipinski definition) is 4. The molecule has 1 aromatic heterocycles. The van der Waals surface area contributed by atoms with Gasteiger partial charge in [0.1, 0.15) is 40.9 Å². The lowest BCUT2D eigenvalue weighted by Crippen LogP contribution is -2.59. The van der Waals surface area contributed by atoms with E-state index in [-0.39, 0.29) is 44.0 Å². The molecule has 298 valence electrons. The molecule has 7 rings (SSSR count). The van der Waals surface area contributed by atoms with Crippen molar-refractivity contribution in [2.24, 2.45) is 17.8 Å². The highest BCUT2D eigenvalue weighted by molar-refractivity contribution is 7.91. The van der Waals surface area contributed by atoms with Crippen molar-refractivity contribution in [1.29, 1.82) is 0 Å². The number of rotatable bonds is 8. The van der Waals surface area contributed by atoms with Gasteiger partial charge in [0.15, 0.2) is 0 Å². The third kappa shape index (κ3) is 7.38. The molecule has 0 unspecified atom stereocenters. The Kier molecular flexibility index (Phi) is 10.4. The van der Waals surface area contributed by atoms with E-state index in [9.17, 15) is 37.1 Å². The monoisotopic (exact) mass is 785 g/mol. The largest absolute Gasteiger partial charge is 0.497 e. The molecule has 4 amide bonds. The number of pyridine rings is 1. The molecule has 4 heterocycles. The minimum atomic E-state index is -4.40. The first kappa shape index (κ1) is 38.6. The van der Waals surface area contributed by atoms with E-state index in [1.54, 1.807) is 26.2 Å². The van der Waals surface area contributed by atoms with Gasteiger partial charge >= 0.3 is 6.09 Å². The average Bonchev–Trinajstić information content (AvgIpc) is 4.06. The predicted octanol–water partition coefficient (Wildman–Crippen LogP) is 3.39. The van der Waals surface area contributed by atoms with Gasteiger partial charge in [-0.05, 0) is 86.8 Å². The number of sulfonamides is 1. The van der Waals surface area contributed by atoms with Crippen molar-refractivity contribution >= 4 is 44.6 Å². The summed E-state index contributed by atoms with van der Waals surface area (Å²) in [5, 5.41) is 16.5. The van der Waals surface area contributed by atoms with Gasteiger partial charge in [-0.3, -0.25) is 19.1 Å². The quantitative estimate of drug-likeness (QED) is 0.286. The predicted molar refractivity (Wildman–Crippen MR) is 197 cm³/mol. The SMILES string of the molecule is COc1ccc2c(O[C@@H]3C[C@H]4C(=O)N[C@]5(C(=O)NS(=O)(=O)C6(CF)CC6)C[C@H]5/C=C\CC[C@H](C)C[C@@H](C)[C@H](NC(=O)O)C(=O)N4C3)nc3c(c2c1)CCCO3. The van der Waals surface area contributed by atoms with Crippen LogP contribution in [-0.4, -0.2) is 103 Å². The summed E-state index contributed by atoms with van der Waals surface area (Å²) in [5.74, 6) is -2.02. The molecule has 1 aromatic carbocycles. The van der Waals surface area contributed by atoms with Crippen LogP contribution in [0.3, 0.4) is 0 Å². The van der Waals surface area contributed by atoms with Crippen LogP contribution in [0.25, 0.3) is 10.8 Å². The van der Waals surface area contributed by atoms with Crippen LogP contribution in [-0.2, 0) is 30.8 Å². The van der Waals surface area contributed by atoms with E-state index in [4.69, 9.17) is 19.2 Å². The molecule has 17 heteroatoms. The molecule has 0 bridgehead atoms. The number of nitrogens with zero attached hydrogens (tertiary/aromatic N) is 2. The Bertz CT molecular complexity index is 2020. The first-order chi connectivity index (χ1) is 26.2. The number of ether oxygens (including phenoxy) is 3. The maximum atomic E-state index is 14.5. The highest BCUT2D eigenvalue weighted by Gasteiger charge is 2.64. The molecule has 3 aliphatic heterocycles. The first-order valence-corrected chi connectivity index (χ1v) is 20.4. The number of halogens is 1. The van der Waals surface area contributed by atoms with E-state index in [1.807, 2.05) is 25.1 Å². The molecule has 15 nitrogen and oxygen atoms in total. The zero-order chi connectivity index (χ0) is 39.3. The van der Waals surface area contributed by atoms with Crippen molar-refractivity contribution in [2.75, 3.05) is 26.9 Å². The summed E-state index contributed by atoms with van der Waals surface area (Å²) in [7, 11) is -2.83. The van der Waals surface area contributed by atoms with E-state index in [0.717, 1.165) is 23.8 Å². The lowest BCUT2D eigenvalue weighted by Gasteiger charge is -2.32. The van der Waals surface area contributed by atoms with Gasteiger partial charge < -0.3 is 34.9 Å². The highest BCUT2D eigenvalue weighted by Crippen LogP contribution is 2.48. The third-order valence-electron chi connectivity index (χ3n) is 11.9. The fourth-order valence-corrected chi connectivity index (χ4v) is 9.76. The summed E-state index contributed by atoms with van der Waals surface area (Å²) < 4.78 is 58.4. The Morgan fingerprint density at radius 2 is 1.96 bits per heavy atom. The summed E-state index contributed by atoms with van der Waals surface area (Å²) in [6.07, 6.45) is 4.98. The number of carbonyl (C=O) groups is 4. The molecule has 7 atom stereocenters. The normalized spacial score (nSPS) is 30.9. The van der Waals surface area contributed by atoms with Crippen molar-refractivity contribution < 1.29 is 51.3 Å². The molecule has 55 heavy (non-hydrogen) atoms. The van der Waals surface area contributed by atoms with Gasteiger partial charge in [-0.1, -0.05) is 26.0 Å². The second-order valence-corrected chi connectivity index (χ2v) is 17.9. The second-order valence-electron chi connectivity index (χ2n) is 15.8. The van der Waals surface area contributed by atoms with Crippen molar-refractivity contribution in [3.8, 4) is 17.5 Å². The number of carbonyl (C=O) groups excluding carboxylic acids is 3. The smallest absolute Gasteiger partial charge is 0.405 e. The summed E-state index contributed by atoms with van der Waals surface area (Å²) in [6, 6.07) is 3.03. The fraction of sp³-hybridized carbons (Fsp3) is 0.605. The van der Waals surface area contributed by atoms with Crippen LogP contribution < -0.4 is 29.6 Å².